The van der Waals surface area contributed by atoms with Gasteiger partial charge < -0.3 is 10.4 Å². The lowest BCUT2D eigenvalue weighted by Crippen LogP contribution is -2.46. The molecule has 1 aliphatic carbocycles. The van der Waals surface area contributed by atoms with E-state index < -0.39 is 30.0 Å². The second kappa shape index (κ2) is 4.08. The standard InChI is InChI=1S/C8H10F3NO3/c9-8(10,11)7(15)12-5-3-1-2-4(5)6(13)14/h4-5H,1-3H2,(H,12,15)(H,13,14)/t4-,5+/m1/s1. The van der Waals surface area contributed by atoms with Crippen LogP contribution in [0.1, 0.15) is 19.3 Å². The Kier molecular flexibility index (Phi) is 3.21. The lowest BCUT2D eigenvalue weighted by atomic mass is 10.0. The minimum atomic E-state index is -4.95. The van der Waals surface area contributed by atoms with Gasteiger partial charge in [0.1, 0.15) is 0 Å². The van der Waals surface area contributed by atoms with Crippen LogP contribution < -0.4 is 5.32 Å². The highest BCUT2D eigenvalue weighted by molar-refractivity contribution is 5.83. The number of amides is 1. The molecule has 1 rings (SSSR count). The van der Waals surface area contributed by atoms with Gasteiger partial charge in [0.05, 0.1) is 5.92 Å². The third-order valence-electron chi connectivity index (χ3n) is 2.41. The number of nitrogens with one attached hydrogen (secondary N) is 1. The third kappa shape index (κ3) is 2.84. The normalized spacial score (nSPS) is 26.3. The van der Waals surface area contributed by atoms with Gasteiger partial charge in [-0.2, -0.15) is 13.2 Å². The topological polar surface area (TPSA) is 66.4 Å². The van der Waals surface area contributed by atoms with Crippen LogP contribution >= 0.6 is 0 Å². The average Bonchev–Trinajstić information content (AvgIpc) is 2.50. The molecule has 0 aliphatic heterocycles. The van der Waals surface area contributed by atoms with Crippen molar-refractivity contribution in [2.24, 2.45) is 5.92 Å². The number of carboxylic acid groups (broad SMARTS) is 1. The van der Waals surface area contributed by atoms with Crippen molar-refractivity contribution < 1.29 is 27.9 Å². The van der Waals surface area contributed by atoms with Crippen molar-refractivity contribution >= 4 is 11.9 Å². The molecule has 1 fully saturated rings. The Labute approximate surface area is 83.5 Å². The van der Waals surface area contributed by atoms with E-state index in [9.17, 15) is 22.8 Å². The van der Waals surface area contributed by atoms with Crippen LogP contribution in [0.25, 0.3) is 0 Å². The Bertz CT molecular complexity index is 277. The fraction of sp³-hybridized carbons (Fsp3) is 0.750. The van der Waals surface area contributed by atoms with E-state index >= 15 is 0 Å². The summed E-state index contributed by atoms with van der Waals surface area (Å²) in [7, 11) is 0. The molecule has 0 aromatic carbocycles. The number of alkyl halides is 3. The first-order valence-electron chi connectivity index (χ1n) is 4.43. The molecule has 1 aliphatic rings. The molecule has 15 heavy (non-hydrogen) atoms. The van der Waals surface area contributed by atoms with Crippen molar-refractivity contribution in [1.29, 1.82) is 0 Å². The summed E-state index contributed by atoms with van der Waals surface area (Å²) in [6.45, 7) is 0. The van der Waals surface area contributed by atoms with E-state index in [0.717, 1.165) is 0 Å². The first-order chi connectivity index (χ1) is 6.82. The van der Waals surface area contributed by atoms with Gasteiger partial charge in [-0.1, -0.05) is 6.42 Å². The van der Waals surface area contributed by atoms with Crippen molar-refractivity contribution in [3.63, 3.8) is 0 Å². The molecular formula is C8H10F3NO3. The smallest absolute Gasteiger partial charge is 0.471 e. The summed E-state index contributed by atoms with van der Waals surface area (Å²) >= 11 is 0. The first kappa shape index (κ1) is 11.8. The summed E-state index contributed by atoms with van der Waals surface area (Å²) in [6.07, 6.45) is -3.86. The van der Waals surface area contributed by atoms with Crippen molar-refractivity contribution in [3.05, 3.63) is 0 Å². The van der Waals surface area contributed by atoms with Crippen molar-refractivity contribution in [2.45, 2.75) is 31.5 Å². The zero-order valence-corrected chi connectivity index (χ0v) is 7.67. The molecule has 1 saturated carbocycles. The Morgan fingerprint density at radius 3 is 2.33 bits per heavy atom. The molecule has 2 N–H and O–H groups in total. The van der Waals surface area contributed by atoms with Gasteiger partial charge in [0.2, 0.25) is 0 Å². The minimum Gasteiger partial charge on any atom is -0.481 e. The number of carbonyl (C=O) groups is 2. The molecule has 7 heteroatoms. The van der Waals surface area contributed by atoms with Gasteiger partial charge >= 0.3 is 18.1 Å². The predicted octanol–water partition coefficient (Wildman–Crippen LogP) is 0.918. The SMILES string of the molecule is O=C(O)[C@@H]1CCC[C@@H]1NC(=O)C(F)(F)F. The van der Waals surface area contributed by atoms with Gasteiger partial charge in [0.25, 0.3) is 0 Å². The molecule has 0 aromatic heterocycles. The van der Waals surface area contributed by atoms with Crippen LogP contribution in [-0.2, 0) is 9.59 Å². The van der Waals surface area contributed by atoms with Gasteiger partial charge in [-0.15, -0.1) is 0 Å². The third-order valence-corrected chi connectivity index (χ3v) is 2.41. The number of carboxylic acids is 1. The van der Waals surface area contributed by atoms with E-state index in [4.69, 9.17) is 5.11 Å². The highest BCUT2D eigenvalue weighted by Crippen LogP contribution is 2.27. The van der Waals surface area contributed by atoms with Crippen LogP contribution in [0.2, 0.25) is 0 Å². The molecule has 0 heterocycles. The first-order valence-corrected chi connectivity index (χ1v) is 4.43. The summed E-state index contributed by atoms with van der Waals surface area (Å²) < 4.78 is 35.6. The molecule has 0 saturated heterocycles. The summed E-state index contributed by atoms with van der Waals surface area (Å²) in [5.41, 5.74) is 0. The number of halogens is 3. The van der Waals surface area contributed by atoms with Crippen LogP contribution in [0.5, 0.6) is 0 Å². The fourth-order valence-electron chi connectivity index (χ4n) is 1.68. The second-order valence-corrected chi connectivity index (χ2v) is 3.45. The highest BCUT2D eigenvalue weighted by Gasteiger charge is 2.43. The van der Waals surface area contributed by atoms with Gasteiger partial charge in [0.15, 0.2) is 0 Å². The Hall–Kier alpha value is -1.27. The van der Waals surface area contributed by atoms with Gasteiger partial charge in [-0.05, 0) is 12.8 Å². The Balaban J connectivity index is 2.58. The number of rotatable bonds is 2. The lowest BCUT2D eigenvalue weighted by molar-refractivity contribution is -0.174. The number of carbonyl (C=O) groups excluding carboxylic acids is 1. The molecule has 0 unspecified atom stereocenters. The van der Waals surface area contributed by atoms with E-state index in [1.54, 1.807) is 5.32 Å². The summed E-state index contributed by atoms with van der Waals surface area (Å²) in [4.78, 5) is 21.2. The van der Waals surface area contributed by atoms with Gasteiger partial charge in [0, 0.05) is 6.04 Å². The number of aliphatic carboxylic acids is 1. The molecule has 0 aromatic rings. The quantitative estimate of drug-likeness (QED) is 0.734. The van der Waals surface area contributed by atoms with E-state index in [0.29, 0.717) is 12.8 Å². The molecule has 0 bridgehead atoms. The Morgan fingerprint density at radius 1 is 1.27 bits per heavy atom. The van der Waals surface area contributed by atoms with Crippen molar-refractivity contribution in [2.75, 3.05) is 0 Å². The van der Waals surface area contributed by atoms with E-state index in [2.05, 4.69) is 0 Å². The van der Waals surface area contributed by atoms with Gasteiger partial charge in [-0.3, -0.25) is 9.59 Å². The molecule has 2 atom stereocenters. The van der Waals surface area contributed by atoms with Crippen LogP contribution in [-0.4, -0.2) is 29.2 Å². The predicted molar refractivity (Wildman–Crippen MR) is 43.0 cm³/mol. The summed E-state index contributed by atoms with van der Waals surface area (Å²) in [5.74, 6) is -4.14. The van der Waals surface area contributed by atoms with E-state index in [1.807, 2.05) is 0 Å². The van der Waals surface area contributed by atoms with Crippen LogP contribution in [0.3, 0.4) is 0 Å². The number of hydrogen-bond acceptors (Lipinski definition) is 2. The Morgan fingerprint density at radius 2 is 1.87 bits per heavy atom. The molecular weight excluding hydrogens is 215 g/mol. The van der Waals surface area contributed by atoms with E-state index in [1.165, 1.54) is 0 Å². The second-order valence-electron chi connectivity index (χ2n) is 3.45. The minimum absolute atomic E-state index is 0.277. The van der Waals surface area contributed by atoms with Crippen molar-refractivity contribution in [1.82, 2.24) is 5.32 Å². The monoisotopic (exact) mass is 225 g/mol. The maximum atomic E-state index is 11.9. The van der Waals surface area contributed by atoms with Crippen LogP contribution in [0.4, 0.5) is 13.2 Å². The maximum Gasteiger partial charge on any atom is 0.471 e. The maximum absolute atomic E-state index is 11.9. The largest absolute Gasteiger partial charge is 0.481 e. The van der Waals surface area contributed by atoms with Crippen LogP contribution in [0.15, 0.2) is 0 Å². The molecule has 4 nitrogen and oxygen atoms in total. The summed E-state index contributed by atoms with van der Waals surface area (Å²) in [6, 6.07) is -0.906. The van der Waals surface area contributed by atoms with Crippen LogP contribution in [0, 0.1) is 5.92 Å². The average molecular weight is 225 g/mol. The highest BCUT2D eigenvalue weighted by atomic mass is 19.4. The zero-order valence-electron chi connectivity index (χ0n) is 7.67. The molecule has 0 radical (unpaired) electrons. The van der Waals surface area contributed by atoms with Crippen molar-refractivity contribution in [3.8, 4) is 0 Å². The van der Waals surface area contributed by atoms with E-state index in [-0.39, 0.29) is 6.42 Å². The summed E-state index contributed by atoms with van der Waals surface area (Å²) in [5, 5.41) is 10.4. The molecule has 1 amide bonds. The molecule has 86 valence electrons. The fourth-order valence-corrected chi connectivity index (χ4v) is 1.68. The van der Waals surface area contributed by atoms with Gasteiger partial charge in [-0.25, -0.2) is 0 Å². The zero-order chi connectivity index (χ0) is 11.6. The number of hydrogen-bond donors (Lipinski definition) is 2. The molecule has 0 spiro atoms. The lowest BCUT2D eigenvalue weighted by Gasteiger charge is -2.18.